The molecule has 102 valence electrons. The van der Waals surface area contributed by atoms with Gasteiger partial charge in [0.05, 0.1) is 20.8 Å². The Balaban J connectivity index is 1.97. The van der Waals surface area contributed by atoms with Gasteiger partial charge in [0.2, 0.25) is 0 Å². The highest BCUT2D eigenvalue weighted by atomic mass is 16.5. The van der Waals surface area contributed by atoms with Crippen molar-refractivity contribution in [1.82, 2.24) is 9.55 Å². The maximum Gasteiger partial charge on any atom is 0.126 e. The molecule has 0 N–H and O–H groups in total. The zero-order valence-electron chi connectivity index (χ0n) is 11.4. The Hall–Kier alpha value is -2.17. The number of ether oxygens (including phenoxy) is 3. The van der Waals surface area contributed by atoms with Gasteiger partial charge in [-0.1, -0.05) is 0 Å². The highest BCUT2D eigenvalue weighted by molar-refractivity contribution is 5.41. The fourth-order valence-electron chi connectivity index (χ4n) is 1.77. The van der Waals surface area contributed by atoms with Gasteiger partial charge >= 0.3 is 0 Å². The van der Waals surface area contributed by atoms with Crippen molar-refractivity contribution in [1.29, 1.82) is 0 Å². The van der Waals surface area contributed by atoms with Gasteiger partial charge in [-0.3, -0.25) is 0 Å². The molecule has 5 heteroatoms. The molecule has 2 rings (SSSR count). The summed E-state index contributed by atoms with van der Waals surface area (Å²) < 4.78 is 18.1. The number of benzene rings is 1. The fourth-order valence-corrected chi connectivity index (χ4v) is 1.77. The van der Waals surface area contributed by atoms with Gasteiger partial charge in [0.25, 0.3) is 0 Å². The molecule has 2 aromatic rings. The van der Waals surface area contributed by atoms with E-state index in [1.54, 1.807) is 20.4 Å². The van der Waals surface area contributed by atoms with Gasteiger partial charge in [0.15, 0.2) is 0 Å². The predicted molar refractivity (Wildman–Crippen MR) is 72.0 cm³/mol. The van der Waals surface area contributed by atoms with Crippen molar-refractivity contribution < 1.29 is 14.2 Å². The predicted octanol–water partition coefficient (Wildman–Crippen LogP) is 2.29. The van der Waals surface area contributed by atoms with Crippen LogP contribution in [0.5, 0.6) is 17.2 Å². The number of aryl methyl sites for hydroxylation is 1. The third-order valence-corrected chi connectivity index (χ3v) is 2.85. The first-order chi connectivity index (χ1) is 9.22. The molecule has 0 bridgehead atoms. The fraction of sp³-hybridized carbons (Fsp3) is 0.357. The van der Waals surface area contributed by atoms with Gasteiger partial charge in [-0.25, -0.2) is 4.98 Å². The molecule has 0 radical (unpaired) electrons. The van der Waals surface area contributed by atoms with Gasteiger partial charge in [-0.05, 0) is 6.92 Å². The Kier molecular flexibility index (Phi) is 4.28. The molecule has 0 atom stereocenters. The highest BCUT2D eigenvalue weighted by Crippen LogP contribution is 2.27. The molecule has 1 aromatic carbocycles. The van der Waals surface area contributed by atoms with Gasteiger partial charge in [-0.2, -0.15) is 0 Å². The summed E-state index contributed by atoms with van der Waals surface area (Å²) in [6.45, 7) is 3.29. The molecule has 5 nitrogen and oxygen atoms in total. The lowest BCUT2D eigenvalue weighted by molar-refractivity contribution is 0.292. The van der Waals surface area contributed by atoms with E-state index in [0.717, 1.165) is 18.1 Å². The molecule has 0 aliphatic heterocycles. The lowest BCUT2D eigenvalue weighted by atomic mass is 10.3. The number of hydrogen-bond donors (Lipinski definition) is 0. The number of methoxy groups -OCH3 is 2. The number of hydrogen-bond acceptors (Lipinski definition) is 4. The monoisotopic (exact) mass is 262 g/mol. The van der Waals surface area contributed by atoms with Crippen molar-refractivity contribution in [2.24, 2.45) is 0 Å². The van der Waals surface area contributed by atoms with Crippen molar-refractivity contribution in [2.45, 2.75) is 13.5 Å². The zero-order chi connectivity index (χ0) is 13.7. The van der Waals surface area contributed by atoms with Crippen LogP contribution >= 0.6 is 0 Å². The van der Waals surface area contributed by atoms with Gasteiger partial charge in [0, 0.05) is 30.6 Å². The van der Waals surface area contributed by atoms with Crippen LogP contribution in [0.1, 0.15) is 5.82 Å². The molecular formula is C14H18N2O3. The van der Waals surface area contributed by atoms with Crippen molar-refractivity contribution >= 4 is 0 Å². The highest BCUT2D eigenvalue weighted by Gasteiger charge is 2.03. The van der Waals surface area contributed by atoms with Crippen molar-refractivity contribution in [3.63, 3.8) is 0 Å². The minimum absolute atomic E-state index is 0.563. The molecule has 0 fully saturated rings. The summed E-state index contributed by atoms with van der Waals surface area (Å²) in [5.74, 6) is 3.14. The van der Waals surface area contributed by atoms with Gasteiger partial charge in [0.1, 0.15) is 29.7 Å². The third-order valence-electron chi connectivity index (χ3n) is 2.85. The zero-order valence-corrected chi connectivity index (χ0v) is 11.4. The van der Waals surface area contributed by atoms with Crippen LogP contribution in [0.25, 0.3) is 0 Å². The second-order valence-electron chi connectivity index (χ2n) is 4.06. The van der Waals surface area contributed by atoms with Crippen LogP contribution in [0.2, 0.25) is 0 Å². The number of nitrogens with zero attached hydrogens (tertiary/aromatic N) is 2. The maximum atomic E-state index is 5.71. The second-order valence-corrected chi connectivity index (χ2v) is 4.06. The molecule has 0 aliphatic carbocycles. The first-order valence-electron chi connectivity index (χ1n) is 6.06. The Morgan fingerprint density at radius 2 is 1.68 bits per heavy atom. The Morgan fingerprint density at radius 1 is 1.05 bits per heavy atom. The molecule has 0 aliphatic rings. The Labute approximate surface area is 112 Å². The summed E-state index contributed by atoms with van der Waals surface area (Å²) in [4.78, 5) is 4.16. The van der Waals surface area contributed by atoms with Crippen LogP contribution in [0.15, 0.2) is 30.6 Å². The molecule has 0 spiro atoms. The van der Waals surface area contributed by atoms with Crippen molar-refractivity contribution in [3.8, 4) is 17.2 Å². The minimum atomic E-state index is 0.563. The molecule has 1 aromatic heterocycles. The molecule has 0 amide bonds. The normalized spacial score (nSPS) is 10.3. The van der Waals surface area contributed by atoms with Crippen molar-refractivity contribution in [2.75, 3.05) is 20.8 Å². The van der Waals surface area contributed by atoms with E-state index in [-0.39, 0.29) is 0 Å². The molecule has 0 saturated heterocycles. The minimum Gasteiger partial charge on any atom is -0.496 e. The van der Waals surface area contributed by atoms with E-state index in [2.05, 4.69) is 4.98 Å². The number of rotatable bonds is 6. The van der Waals surface area contributed by atoms with Crippen molar-refractivity contribution in [3.05, 3.63) is 36.4 Å². The average Bonchev–Trinajstić information content (AvgIpc) is 2.84. The second kappa shape index (κ2) is 6.13. The summed E-state index contributed by atoms with van der Waals surface area (Å²) in [7, 11) is 3.24. The average molecular weight is 262 g/mol. The van der Waals surface area contributed by atoms with E-state index in [4.69, 9.17) is 14.2 Å². The molecule has 19 heavy (non-hydrogen) atoms. The van der Waals surface area contributed by atoms with E-state index in [1.807, 2.05) is 35.9 Å². The number of imidazole rings is 1. The summed E-state index contributed by atoms with van der Waals surface area (Å²) in [5.41, 5.74) is 0. The summed E-state index contributed by atoms with van der Waals surface area (Å²) in [6.07, 6.45) is 3.72. The summed E-state index contributed by atoms with van der Waals surface area (Å²) >= 11 is 0. The van der Waals surface area contributed by atoms with Crippen LogP contribution < -0.4 is 14.2 Å². The quantitative estimate of drug-likeness (QED) is 0.801. The number of aromatic nitrogens is 2. The third kappa shape index (κ3) is 3.40. The van der Waals surface area contributed by atoms with Crippen LogP contribution in [0.3, 0.4) is 0 Å². The standard InChI is InChI=1S/C14H18N2O3/c1-11-15-4-5-16(11)6-7-19-14-9-12(17-2)8-13(10-14)18-3/h4-5,8-10H,6-7H2,1-3H3. The maximum absolute atomic E-state index is 5.71. The van der Waals surface area contributed by atoms with E-state index < -0.39 is 0 Å². The molecule has 1 heterocycles. The van der Waals surface area contributed by atoms with E-state index in [1.165, 1.54) is 0 Å². The Bertz CT molecular complexity index is 515. The largest absolute Gasteiger partial charge is 0.496 e. The Morgan fingerprint density at radius 3 is 2.21 bits per heavy atom. The smallest absolute Gasteiger partial charge is 0.126 e. The van der Waals surface area contributed by atoms with Crippen LogP contribution in [0, 0.1) is 6.92 Å². The molecule has 0 unspecified atom stereocenters. The summed E-state index contributed by atoms with van der Waals surface area (Å²) in [5, 5.41) is 0. The van der Waals surface area contributed by atoms with Crippen LogP contribution in [0.4, 0.5) is 0 Å². The van der Waals surface area contributed by atoms with Crippen LogP contribution in [-0.4, -0.2) is 30.4 Å². The molecule has 0 saturated carbocycles. The first kappa shape index (κ1) is 13.3. The van der Waals surface area contributed by atoms with Gasteiger partial charge in [-0.15, -0.1) is 0 Å². The first-order valence-corrected chi connectivity index (χ1v) is 6.06. The van der Waals surface area contributed by atoms with Gasteiger partial charge < -0.3 is 18.8 Å². The van der Waals surface area contributed by atoms with E-state index in [9.17, 15) is 0 Å². The van der Waals surface area contributed by atoms with E-state index >= 15 is 0 Å². The van der Waals surface area contributed by atoms with E-state index in [0.29, 0.717) is 18.1 Å². The lowest BCUT2D eigenvalue weighted by Gasteiger charge is -2.11. The lowest BCUT2D eigenvalue weighted by Crippen LogP contribution is -2.08. The topological polar surface area (TPSA) is 45.5 Å². The SMILES string of the molecule is COc1cc(OC)cc(OCCn2ccnc2C)c1. The van der Waals surface area contributed by atoms with Crippen LogP contribution in [-0.2, 0) is 6.54 Å². The summed E-state index contributed by atoms with van der Waals surface area (Å²) in [6, 6.07) is 5.49. The molecular weight excluding hydrogens is 244 g/mol.